The van der Waals surface area contributed by atoms with Crippen LogP contribution in [-0.4, -0.2) is 30.3 Å². The van der Waals surface area contributed by atoms with Crippen molar-refractivity contribution in [3.63, 3.8) is 0 Å². The van der Waals surface area contributed by atoms with Gasteiger partial charge in [-0.3, -0.25) is 4.98 Å². The van der Waals surface area contributed by atoms with E-state index < -0.39 is 0 Å². The van der Waals surface area contributed by atoms with E-state index in [0.717, 1.165) is 0 Å². The Morgan fingerprint density at radius 1 is 1.62 bits per heavy atom. The molecule has 13 heavy (non-hydrogen) atoms. The number of carbonyl (C=O) groups excluding carboxylic acids is 1. The number of ether oxygens (including phenoxy) is 2. The summed E-state index contributed by atoms with van der Waals surface area (Å²) in [6.45, 7) is 1.05. The minimum Gasteiger partial charge on any atom is -0.459 e. The average Bonchev–Trinajstić information content (AvgIpc) is 2.99. The van der Waals surface area contributed by atoms with Crippen LogP contribution in [0, 0.1) is 0 Å². The Bertz CT molecular complexity index is 295. The van der Waals surface area contributed by atoms with Crippen LogP contribution in [0.3, 0.4) is 0 Å². The van der Waals surface area contributed by atoms with Crippen molar-refractivity contribution in [1.82, 2.24) is 4.98 Å². The third-order valence-electron chi connectivity index (χ3n) is 1.72. The Kier molecular flexibility index (Phi) is 2.23. The summed E-state index contributed by atoms with van der Waals surface area (Å²) in [4.78, 5) is 15.1. The van der Waals surface area contributed by atoms with E-state index in [4.69, 9.17) is 9.47 Å². The molecule has 0 aliphatic carbocycles. The zero-order valence-corrected chi connectivity index (χ0v) is 6.97. The highest BCUT2D eigenvalue weighted by molar-refractivity contribution is 5.89. The molecule has 1 aromatic rings. The van der Waals surface area contributed by atoms with Gasteiger partial charge in [-0.15, -0.1) is 0 Å². The van der Waals surface area contributed by atoms with E-state index in [9.17, 15) is 4.79 Å². The molecule has 68 valence electrons. The van der Waals surface area contributed by atoms with E-state index in [1.807, 2.05) is 0 Å². The highest BCUT2D eigenvalue weighted by atomic mass is 16.6. The molecule has 2 rings (SSSR count). The van der Waals surface area contributed by atoms with Gasteiger partial charge in [0.05, 0.1) is 12.2 Å². The van der Waals surface area contributed by atoms with Gasteiger partial charge in [-0.05, 0) is 12.1 Å². The minimum atomic E-state index is -0.321. The number of hydrogen-bond acceptors (Lipinski definition) is 4. The number of esters is 1. The average molecular weight is 179 g/mol. The zero-order valence-electron chi connectivity index (χ0n) is 6.97. The summed E-state index contributed by atoms with van der Waals surface area (Å²) in [5.74, 6) is -0.321. The largest absolute Gasteiger partial charge is 0.459 e. The minimum absolute atomic E-state index is 0.116. The number of epoxide rings is 1. The van der Waals surface area contributed by atoms with E-state index >= 15 is 0 Å². The van der Waals surface area contributed by atoms with Gasteiger partial charge in [-0.25, -0.2) is 4.79 Å². The Hall–Kier alpha value is -1.42. The topological polar surface area (TPSA) is 51.7 Å². The maximum absolute atomic E-state index is 11.3. The molecule has 1 aromatic heterocycles. The summed E-state index contributed by atoms with van der Waals surface area (Å²) < 4.78 is 9.87. The smallest absolute Gasteiger partial charge is 0.338 e. The van der Waals surface area contributed by atoms with Crippen LogP contribution in [0.15, 0.2) is 24.5 Å². The molecule has 1 aliphatic rings. The molecule has 2 heterocycles. The quantitative estimate of drug-likeness (QED) is 0.504. The molecule has 0 saturated carbocycles. The number of aromatic nitrogens is 1. The molecular weight excluding hydrogens is 170 g/mol. The summed E-state index contributed by atoms with van der Waals surface area (Å²) in [6.07, 6.45) is 3.24. The van der Waals surface area contributed by atoms with Crippen molar-refractivity contribution in [2.24, 2.45) is 0 Å². The summed E-state index contributed by atoms with van der Waals surface area (Å²) in [5.41, 5.74) is 0.524. The van der Waals surface area contributed by atoms with Crippen LogP contribution in [0.25, 0.3) is 0 Å². The van der Waals surface area contributed by atoms with Gasteiger partial charge in [-0.1, -0.05) is 0 Å². The standard InChI is InChI=1S/C9H9NO3/c11-9(13-6-8-5-12-8)7-1-3-10-4-2-7/h1-4,8H,5-6H2. The fourth-order valence-electron chi connectivity index (χ4n) is 0.904. The predicted molar refractivity (Wildman–Crippen MR) is 44.3 cm³/mol. The molecule has 4 heteroatoms. The number of carbonyl (C=O) groups is 1. The lowest BCUT2D eigenvalue weighted by Gasteiger charge is -2.00. The van der Waals surface area contributed by atoms with E-state index in [0.29, 0.717) is 18.8 Å². The molecule has 0 bridgehead atoms. The first-order chi connectivity index (χ1) is 6.36. The zero-order chi connectivity index (χ0) is 9.10. The fourth-order valence-corrected chi connectivity index (χ4v) is 0.904. The molecule has 1 unspecified atom stereocenters. The number of hydrogen-bond donors (Lipinski definition) is 0. The van der Waals surface area contributed by atoms with Gasteiger partial charge in [0, 0.05) is 12.4 Å². The van der Waals surface area contributed by atoms with Gasteiger partial charge in [0.25, 0.3) is 0 Å². The van der Waals surface area contributed by atoms with Crippen molar-refractivity contribution in [3.05, 3.63) is 30.1 Å². The summed E-state index contributed by atoms with van der Waals surface area (Å²) in [6, 6.07) is 3.24. The summed E-state index contributed by atoms with van der Waals surface area (Å²) in [5, 5.41) is 0. The molecule has 0 aromatic carbocycles. The van der Waals surface area contributed by atoms with Crippen molar-refractivity contribution in [3.8, 4) is 0 Å². The lowest BCUT2D eigenvalue weighted by Crippen LogP contribution is -2.09. The highest BCUT2D eigenvalue weighted by Gasteiger charge is 2.24. The van der Waals surface area contributed by atoms with Crippen LogP contribution >= 0.6 is 0 Å². The Morgan fingerprint density at radius 3 is 2.92 bits per heavy atom. The maximum Gasteiger partial charge on any atom is 0.338 e. The van der Waals surface area contributed by atoms with E-state index in [1.54, 1.807) is 24.5 Å². The highest BCUT2D eigenvalue weighted by Crippen LogP contribution is 2.10. The van der Waals surface area contributed by atoms with E-state index in [2.05, 4.69) is 4.98 Å². The maximum atomic E-state index is 11.3. The molecule has 0 N–H and O–H groups in total. The van der Waals surface area contributed by atoms with Crippen molar-refractivity contribution < 1.29 is 14.3 Å². The van der Waals surface area contributed by atoms with Gasteiger partial charge in [0.15, 0.2) is 0 Å². The Balaban J connectivity index is 1.89. The first-order valence-corrected chi connectivity index (χ1v) is 4.05. The lowest BCUT2D eigenvalue weighted by atomic mass is 10.3. The fraction of sp³-hybridized carbons (Fsp3) is 0.333. The Labute approximate surface area is 75.5 Å². The van der Waals surface area contributed by atoms with Crippen LogP contribution in [-0.2, 0) is 9.47 Å². The van der Waals surface area contributed by atoms with Crippen molar-refractivity contribution in [2.75, 3.05) is 13.2 Å². The van der Waals surface area contributed by atoms with Gasteiger partial charge in [0.2, 0.25) is 0 Å². The molecular formula is C9H9NO3. The molecule has 1 fully saturated rings. The Morgan fingerprint density at radius 2 is 2.31 bits per heavy atom. The van der Waals surface area contributed by atoms with Gasteiger partial charge < -0.3 is 9.47 Å². The summed E-state index contributed by atoms with van der Waals surface area (Å²) in [7, 11) is 0. The number of rotatable bonds is 3. The molecule has 1 aliphatic heterocycles. The van der Waals surface area contributed by atoms with Crippen LogP contribution < -0.4 is 0 Å². The van der Waals surface area contributed by atoms with Gasteiger partial charge in [-0.2, -0.15) is 0 Å². The normalized spacial score (nSPS) is 19.5. The van der Waals surface area contributed by atoms with E-state index in [1.165, 1.54) is 0 Å². The molecule has 0 amide bonds. The van der Waals surface area contributed by atoms with Gasteiger partial charge in [0.1, 0.15) is 12.7 Å². The molecule has 1 saturated heterocycles. The van der Waals surface area contributed by atoms with Crippen molar-refractivity contribution in [1.29, 1.82) is 0 Å². The van der Waals surface area contributed by atoms with Crippen molar-refractivity contribution >= 4 is 5.97 Å². The number of nitrogens with zero attached hydrogens (tertiary/aromatic N) is 1. The second-order valence-electron chi connectivity index (χ2n) is 2.79. The monoisotopic (exact) mass is 179 g/mol. The second-order valence-corrected chi connectivity index (χ2v) is 2.79. The van der Waals surface area contributed by atoms with Crippen molar-refractivity contribution in [2.45, 2.75) is 6.10 Å². The molecule has 1 atom stereocenters. The van der Waals surface area contributed by atoms with E-state index in [-0.39, 0.29) is 12.1 Å². The first kappa shape index (κ1) is 8.19. The first-order valence-electron chi connectivity index (χ1n) is 4.05. The van der Waals surface area contributed by atoms with Crippen LogP contribution in [0.1, 0.15) is 10.4 Å². The molecule has 0 spiro atoms. The van der Waals surface area contributed by atoms with Gasteiger partial charge >= 0.3 is 5.97 Å². The lowest BCUT2D eigenvalue weighted by molar-refractivity contribution is 0.0476. The van der Waals surface area contributed by atoms with Crippen LogP contribution in [0.5, 0.6) is 0 Å². The summed E-state index contributed by atoms with van der Waals surface area (Å²) >= 11 is 0. The van der Waals surface area contributed by atoms with Crippen LogP contribution in [0.4, 0.5) is 0 Å². The third kappa shape index (κ3) is 2.26. The predicted octanol–water partition coefficient (Wildman–Crippen LogP) is 0.637. The second kappa shape index (κ2) is 3.53. The molecule has 0 radical (unpaired) electrons. The molecule has 4 nitrogen and oxygen atoms in total. The van der Waals surface area contributed by atoms with Crippen LogP contribution in [0.2, 0.25) is 0 Å². The SMILES string of the molecule is O=C(OCC1CO1)c1ccncc1. The number of pyridine rings is 1. The third-order valence-corrected chi connectivity index (χ3v) is 1.72.